The summed E-state index contributed by atoms with van der Waals surface area (Å²) < 4.78 is 19.3. The van der Waals surface area contributed by atoms with Gasteiger partial charge in [0.1, 0.15) is 11.9 Å². The minimum Gasteiger partial charge on any atom is -0.367 e. The van der Waals surface area contributed by atoms with Crippen LogP contribution < -0.4 is 5.32 Å². The summed E-state index contributed by atoms with van der Waals surface area (Å²) in [6, 6.07) is 6.60. The highest BCUT2D eigenvalue weighted by atomic mass is 32.2. The number of guanidine groups is 1. The van der Waals surface area contributed by atoms with E-state index in [9.17, 15) is 4.39 Å². The van der Waals surface area contributed by atoms with Gasteiger partial charge in [0, 0.05) is 19.6 Å². The Hall–Kier alpha value is -1.27. The third-order valence-corrected chi connectivity index (χ3v) is 4.85. The largest absolute Gasteiger partial charge is 0.367 e. The molecule has 6 heteroatoms. The lowest BCUT2D eigenvalue weighted by atomic mass is 10.1. The average molecular weight is 368 g/mol. The molecule has 0 bridgehead atoms. The molecule has 0 amide bonds. The first-order chi connectivity index (χ1) is 12.1. The van der Waals surface area contributed by atoms with Gasteiger partial charge in [0.15, 0.2) is 5.96 Å². The molecule has 2 unspecified atom stereocenters. The molecular weight excluding hydrogens is 337 g/mol. The van der Waals surface area contributed by atoms with E-state index in [1.165, 1.54) is 24.3 Å². The predicted molar refractivity (Wildman–Crippen MR) is 105 cm³/mol. The summed E-state index contributed by atoms with van der Waals surface area (Å²) in [4.78, 5) is 7.06. The SMILES string of the molecule is CCNC(=NCCCCSC)N1CC(C)OC(c2ccc(F)cc2)C1. The van der Waals surface area contributed by atoms with Crippen molar-refractivity contribution >= 4 is 17.7 Å². The quantitative estimate of drug-likeness (QED) is 0.453. The van der Waals surface area contributed by atoms with Crippen molar-refractivity contribution in [3.63, 3.8) is 0 Å². The Morgan fingerprint density at radius 2 is 2.08 bits per heavy atom. The maximum atomic E-state index is 13.2. The van der Waals surface area contributed by atoms with Gasteiger partial charge in [-0.25, -0.2) is 4.39 Å². The maximum absolute atomic E-state index is 13.2. The topological polar surface area (TPSA) is 36.9 Å². The molecule has 2 atom stereocenters. The summed E-state index contributed by atoms with van der Waals surface area (Å²) in [5, 5.41) is 3.40. The molecule has 4 nitrogen and oxygen atoms in total. The van der Waals surface area contributed by atoms with Crippen molar-refractivity contribution < 1.29 is 9.13 Å². The summed E-state index contributed by atoms with van der Waals surface area (Å²) >= 11 is 1.88. The summed E-state index contributed by atoms with van der Waals surface area (Å²) in [5.74, 6) is 1.92. The zero-order valence-corrected chi connectivity index (χ0v) is 16.3. The third-order valence-electron chi connectivity index (χ3n) is 4.15. The molecule has 0 aromatic heterocycles. The normalized spacial score (nSPS) is 21.4. The van der Waals surface area contributed by atoms with Crippen LogP contribution in [0.5, 0.6) is 0 Å². The molecule has 0 saturated carbocycles. The molecule has 1 N–H and O–H groups in total. The van der Waals surface area contributed by atoms with Crippen molar-refractivity contribution in [3.8, 4) is 0 Å². The molecule has 0 spiro atoms. The van der Waals surface area contributed by atoms with Crippen LogP contribution >= 0.6 is 11.8 Å². The Balaban J connectivity index is 2.03. The lowest BCUT2D eigenvalue weighted by molar-refractivity contribution is -0.0605. The van der Waals surface area contributed by atoms with Gasteiger partial charge in [-0.1, -0.05) is 12.1 Å². The van der Waals surface area contributed by atoms with Crippen LogP contribution in [0.2, 0.25) is 0 Å². The van der Waals surface area contributed by atoms with Gasteiger partial charge in [0.05, 0.1) is 12.6 Å². The van der Waals surface area contributed by atoms with Crippen LogP contribution in [0.25, 0.3) is 0 Å². The number of nitrogens with one attached hydrogen (secondary N) is 1. The minimum absolute atomic E-state index is 0.0651. The number of morpholine rings is 1. The van der Waals surface area contributed by atoms with E-state index in [4.69, 9.17) is 9.73 Å². The molecule has 1 aromatic rings. The molecule has 1 aliphatic heterocycles. The number of ether oxygens (including phenoxy) is 1. The summed E-state index contributed by atoms with van der Waals surface area (Å²) in [6.45, 7) is 7.39. The van der Waals surface area contributed by atoms with Crippen molar-refractivity contribution in [2.45, 2.75) is 38.9 Å². The number of unbranched alkanes of at least 4 members (excludes halogenated alkanes) is 1. The molecular formula is C19H30FN3OS. The second-order valence-corrected chi connectivity index (χ2v) is 7.31. The minimum atomic E-state index is -0.218. The first kappa shape index (κ1) is 20.0. The Kier molecular flexibility index (Phi) is 8.55. The first-order valence-electron chi connectivity index (χ1n) is 9.07. The number of hydrogen-bond donors (Lipinski definition) is 1. The molecule has 1 saturated heterocycles. The second-order valence-electron chi connectivity index (χ2n) is 6.33. The van der Waals surface area contributed by atoms with Gasteiger partial charge < -0.3 is 15.0 Å². The third kappa shape index (κ3) is 6.51. The second kappa shape index (κ2) is 10.7. The van der Waals surface area contributed by atoms with Gasteiger partial charge in [-0.3, -0.25) is 4.99 Å². The van der Waals surface area contributed by atoms with Crippen molar-refractivity contribution in [1.82, 2.24) is 10.2 Å². The Labute approximate surface area is 155 Å². The molecule has 25 heavy (non-hydrogen) atoms. The van der Waals surface area contributed by atoms with Crippen molar-refractivity contribution in [3.05, 3.63) is 35.6 Å². The highest BCUT2D eigenvalue weighted by molar-refractivity contribution is 7.98. The van der Waals surface area contributed by atoms with Crippen LogP contribution in [0.15, 0.2) is 29.3 Å². The lowest BCUT2D eigenvalue weighted by Gasteiger charge is -2.38. The van der Waals surface area contributed by atoms with Crippen LogP contribution in [-0.4, -0.2) is 55.2 Å². The lowest BCUT2D eigenvalue weighted by Crippen LogP contribution is -2.50. The zero-order valence-electron chi connectivity index (χ0n) is 15.5. The number of benzene rings is 1. The predicted octanol–water partition coefficient (Wildman–Crippen LogP) is 3.70. The zero-order chi connectivity index (χ0) is 18.1. The molecule has 1 heterocycles. The fraction of sp³-hybridized carbons (Fsp3) is 0.632. The number of hydrogen-bond acceptors (Lipinski definition) is 3. The Morgan fingerprint density at radius 1 is 1.32 bits per heavy atom. The fourth-order valence-corrected chi connectivity index (χ4v) is 3.45. The van der Waals surface area contributed by atoms with Gasteiger partial charge in [0.2, 0.25) is 0 Å². The van der Waals surface area contributed by atoms with E-state index in [0.717, 1.165) is 44.1 Å². The fourth-order valence-electron chi connectivity index (χ4n) is 2.95. The summed E-state index contributed by atoms with van der Waals surface area (Å²) in [7, 11) is 0. The smallest absolute Gasteiger partial charge is 0.194 e. The van der Waals surface area contributed by atoms with E-state index in [0.29, 0.717) is 0 Å². The highest BCUT2D eigenvalue weighted by Gasteiger charge is 2.28. The molecule has 1 fully saturated rings. The van der Waals surface area contributed by atoms with E-state index in [1.54, 1.807) is 0 Å². The van der Waals surface area contributed by atoms with E-state index in [1.807, 2.05) is 23.9 Å². The number of rotatable bonds is 7. The van der Waals surface area contributed by atoms with E-state index < -0.39 is 0 Å². The first-order valence-corrected chi connectivity index (χ1v) is 10.5. The molecule has 0 radical (unpaired) electrons. The van der Waals surface area contributed by atoms with Crippen LogP contribution in [-0.2, 0) is 4.74 Å². The van der Waals surface area contributed by atoms with Crippen molar-refractivity contribution in [2.24, 2.45) is 4.99 Å². The number of nitrogens with zero attached hydrogens (tertiary/aromatic N) is 2. The van der Waals surface area contributed by atoms with Gasteiger partial charge in [0.25, 0.3) is 0 Å². The van der Waals surface area contributed by atoms with Gasteiger partial charge in [-0.15, -0.1) is 0 Å². The van der Waals surface area contributed by atoms with Gasteiger partial charge >= 0.3 is 0 Å². The molecule has 140 valence electrons. The van der Waals surface area contributed by atoms with Gasteiger partial charge in [-0.2, -0.15) is 11.8 Å². The van der Waals surface area contributed by atoms with Gasteiger partial charge in [-0.05, 0) is 56.4 Å². The van der Waals surface area contributed by atoms with Crippen molar-refractivity contribution in [1.29, 1.82) is 0 Å². The van der Waals surface area contributed by atoms with Crippen molar-refractivity contribution in [2.75, 3.05) is 38.2 Å². The van der Waals surface area contributed by atoms with E-state index in [-0.39, 0.29) is 18.0 Å². The molecule has 1 aliphatic rings. The average Bonchev–Trinajstić information content (AvgIpc) is 2.60. The van der Waals surface area contributed by atoms with E-state index in [2.05, 4.69) is 30.3 Å². The standard InChI is InChI=1S/C19H30FN3OS/c1-4-21-19(22-11-5-6-12-25-3)23-13-15(2)24-18(14-23)16-7-9-17(20)10-8-16/h7-10,15,18H,4-6,11-14H2,1-3H3,(H,21,22). The van der Waals surface area contributed by atoms with Crippen LogP contribution in [0, 0.1) is 5.82 Å². The number of halogens is 1. The highest BCUT2D eigenvalue weighted by Crippen LogP contribution is 2.25. The summed E-state index contributed by atoms with van der Waals surface area (Å²) in [6.07, 6.45) is 4.48. The summed E-state index contributed by atoms with van der Waals surface area (Å²) in [5.41, 5.74) is 1.01. The van der Waals surface area contributed by atoms with Crippen LogP contribution in [0.1, 0.15) is 38.4 Å². The number of thioether (sulfide) groups is 1. The maximum Gasteiger partial charge on any atom is 0.194 e. The number of aliphatic imine (C=N–C) groups is 1. The van der Waals surface area contributed by atoms with Crippen LogP contribution in [0.3, 0.4) is 0 Å². The van der Waals surface area contributed by atoms with E-state index >= 15 is 0 Å². The molecule has 0 aliphatic carbocycles. The monoisotopic (exact) mass is 367 g/mol. The Bertz CT molecular complexity index is 538. The Morgan fingerprint density at radius 3 is 2.76 bits per heavy atom. The van der Waals surface area contributed by atoms with Crippen LogP contribution in [0.4, 0.5) is 4.39 Å². The molecule has 1 aromatic carbocycles. The molecule has 2 rings (SSSR count).